The Morgan fingerprint density at radius 3 is 0.0556 bits per heavy atom. The fourth-order valence-corrected chi connectivity index (χ4v) is 0. The third kappa shape index (κ3) is 57200. The van der Waals surface area contributed by atoms with Crippen molar-refractivity contribution < 1.29 is 211 Å². The summed E-state index contributed by atoms with van der Waals surface area (Å²) in [5.74, 6) is 0. The Kier molecular flexibility index (Phi) is 119000000. The topological polar surface area (TPSA) is 1100 Å². The van der Waals surface area contributed by atoms with Gasteiger partial charge in [-0.1, -0.05) is 0 Å². The summed E-state index contributed by atoms with van der Waals surface area (Å²) in [6.45, 7) is 0. The first kappa shape index (κ1) is 68400. The molecule has 0 saturated carbocycles. The summed E-state index contributed by atoms with van der Waals surface area (Å²) in [6.07, 6.45) is 0. The predicted molar refractivity (Wildman–Crippen MR) is 126 cm³/mol. The second-order valence-corrected chi connectivity index (χ2v) is 0. The van der Waals surface area contributed by atoms with Crippen LogP contribution in [0, 0.1) is 0 Å². The molecular weight excluding hydrogens is 625 g/mol. The average Bonchev–Trinajstić information content (AvgIpc) is 0. The Balaban J connectivity index is 0. The first-order chi connectivity index (χ1) is 0. The van der Waals surface area contributed by atoms with E-state index in [-0.39, 0.29) is 211 Å². The predicted octanol–water partition coefficient (Wildman–Crippen LogP) is -28.9. The molecular formula is H70O35Zn. The van der Waals surface area contributed by atoms with Crippen molar-refractivity contribution in [3.05, 3.63) is 0 Å². The second kappa shape index (κ2) is 62600. The van der Waals surface area contributed by atoms with Gasteiger partial charge in [0.05, 0.1) is 0 Å². The van der Waals surface area contributed by atoms with Crippen LogP contribution in [0.4, 0.5) is 0 Å². The summed E-state index contributed by atoms with van der Waals surface area (Å²) < 4.78 is 0. The SMILES string of the molecule is O.O.O.O.O.O.O.O.O.O.O.O.O.O.O.O.O.O.O.O.O.O.O.O.O.O.O.O.O.O.O.O.O.O.O.[Zn]. The average molecular weight is 696 g/mol. The molecule has 0 aromatic rings. The van der Waals surface area contributed by atoms with E-state index >= 15 is 0 Å². The fourth-order valence-electron chi connectivity index (χ4n) is 0. The van der Waals surface area contributed by atoms with Gasteiger partial charge in [-0.2, -0.15) is 0 Å². The van der Waals surface area contributed by atoms with Crippen molar-refractivity contribution in [2.45, 2.75) is 0 Å². The number of hydrogen-bond acceptors (Lipinski definition) is 0. The summed E-state index contributed by atoms with van der Waals surface area (Å²) in [5, 5.41) is 0. The van der Waals surface area contributed by atoms with Crippen LogP contribution in [0.1, 0.15) is 0 Å². The van der Waals surface area contributed by atoms with E-state index in [4.69, 9.17) is 0 Å². The molecule has 0 atom stereocenters. The van der Waals surface area contributed by atoms with E-state index in [0.717, 1.165) is 0 Å². The quantitative estimate of drug-likeness (QED) is 0.213. The van der Waals surface area contributed by atoms with Gasteiger partial charge in [-0.3, -0.25) is 0 Å². The van der Waals surface area contributed by atoms with Crippen LogP contribution in [-0.4, -0.2) is 192 Å². The molecule has 0 heterocycles. The van der Waals surface area contributed by atoms with Gasteiger partial charge in [-0.15, -0.1) is 0 Å². The largest absolute Gasteiger partial charge is 0.412 e. The van der Waals surface area contributed by atoms with Crippen LogP contribution >= 0.6 is 0 Å². The molecule has 70 N–H and O–H groups in total. The van der Waals surface area contributed by atoms with Gasteiger partial charge in [0.2, 0.25) is 0 Å². The van der Waals surface area contributed by atoms with E-state index in [1.807, 2.05) is 0 Å². The van der Waals surface area contributed by atoms with Crippen molar-refractivity contribution in [1.82, 2.24) is 0 Å². The number of hydrogen-bond donors (Lipinski definition) is 0. The molecule has 35 nitrogen and oxygen atoms in total. The van der Waals surface area contributed by atoms with Gasteiger partial charge < -0.3 is 192 Å². The second-order valence-electron chi connectivity index (χ2n) is 0. The molecule has 0 rings (SSSR count). The molecule has 0 unspecified atom stereocenters. The smallest absolute Gasteiger partial charge is 0 e. The van der Waals surface area contributed by atoms with Crippen molar-refractivity contribution in [3.63, 3.8) is 0 Å². The Morgan fingerprint density at radius 1 is 0.0556 bits per heavy atom. The summed E-state index contributed by atoms with van der Waals surface area (Å²) in [4.78, 5) is 0. The van der Waals surface area contributed by atoms with Crippen molar-refractivity contribution in [2.75, 3.05) is 0 Å². The molecule has 0 aliphatic heterocycles. The monoisotopic (exact) mass is 694 g/mol. The molecule has 0 bridgehead atoms. The van der Waals surface area contributed by atoms with E-state index in [9.17, 15) is 0 Å². The van der Waals surface area contributed by atoms with Crippen molar-refractivity contribution in [2.24, 2.45) is 0 Å². The maximum Gasteiger partial charge on any atom is 0 e. The van der Waals surface area contributed by atoms with Crippen molar-refractivity contribution >= 4 is 0 Å². The molecule has 0 aliphatic rings. The van der Waals surface area contributed by atoms with Crippen molar-refractivity contribution in [3.8, 4) is 0 Å². The van der Waals surface area contributed by atoms with Crippen LogP contribution in [0.15, 0.2) is 0 Å². The minimum atomic E-state index is 0. The molecule has 0 aliphatic carbocycles. The Labute approximate surface area is 212 Å². The van der Waals surface area contributed by atoms with E-state index in [1.54, 1.807) is 0 Å². The maximum atomic E-state index is 0. The maximum absolute atomic E-state index is 0. The molecule has 0 aromatic heterocycles. The van der Waals surface area contributed by atoms with E-state index < -0.39 is 0 Å². The Hall–Kier alpha value is -0.777. The summed E-state index contributed by atoms with van der Waals surface area (Å²) >= 11 is 0. The fraction of sp³-hybridized carbons (Fsp3) is 0. The standard InChI is InChI=1S/35H2O.Zn/h35*1H2;. The first-order valence-corrected chi connectivity index (χ1v) is 0. The zero-order valence-electron chi connectivity index (χ0n) is 18.2. The molecule has 0 amide bonds. The van der Waals surface area contributed by atoms with Gasteiger partial charge in [0.25, 0.3) is 0 Å². The van der Waals surface area contributed by atoms with Gasteiger partial charge in [-0.05, 0) is 0 Å². The zero-order chi connectivity index (χ0) is 0. The van der Waals surface area contributed by atoms with E-state index in [1.165, 1.54) is 0 Å². The van der Waals surface area contributed by atoms with Gasteiger partial charge in [0.1, 0.15) is 0 Å². The van der Waals surface area contributed by atoms with Crippen LogP contribution in [0.2, 0.25) is 0 Å². The Morgan fingerprint density at radius 2 is 0.0556 bits per heavy atom. The van der Waals surface area contributed by atoms with Crippen LogP contribution in [0.25, 0.3) is 0 Å². The molecule has 36 heteroatoms. The minimum Gasteiger partial charge on any atom is -0.412 e. The summed E-state index contributed by atoms with van der Waals surface area (Å²) in [6, 6.07) is 0. The third-order valence-corrected chi connectivity index (χ3v) is 0. The first-order valence-electron chi connectivity index (χ1n) is 0. The molecule has 0 fully saturated rings. The van der Waals surface area contributed by atoms with Crippen LogP contribution in [-0.2, 0) is 19.5 Å². The zero-order valence-corrected chi connectivity index (χ0v) is 21.2. The third-order valence-electron chi connectivity index (χ3n) is 0. The van der Waals surface area contributed by atoms with Gasteiger partial charge >= 0.3 is 0 Å². The molecule has 0 saturated heterocycles. The molecule has 0 radical (unpaired) electrons. The van der Waals surface area contributed by atoms with Gasteiger partial charge in [0, 0.05) is 19.5 Å². The van der Waals surface area contributed by atoms with Crippen LogP contribution < -0.4 is 0 Å². The molecule has 0 spiro atoms. The van der Waals surface area contributed by atoms with Crippen LogP contribution in [0.5, 0.6) is 0 Å². The summed E-state index contributed by atoms with van der Waals surface area (Å²) in [5.41, 5.74) is 0. The molecule has 282 valence electrons. The summed E-state index contributed by atoms with van der Waals surface area (Å²) in [7, 11) is 0. The van der Waals surface area contributed by atoms with E-state index in [2.05, 4.69) is 0 Å². The normalized spacial score (nSPS) is 0. The van der Waals surface area contributed by atoms with Gasteiger partial charge in [0.15, 0.2) is 0 Å². The molecule has 36 heavy (non-hydrogen) atoms. The molecule has 0 aromatic carbocycles. The number of rotatable bonds is 0. The van der Waals surface area contributed by atoms with E-state index in [0.29, 0.717) is 0 Å². The minimum absolute atomic E-state index is 0. The van der Waals surface area contributed by atoms with Gasteiger partial charge in [-0.25, -0.2) is 0 Å². The van der Waals surface area contributed by atoms with Crippen LogP contribution in [0.3, 0.4) is 0 Å². The Bertz CT molecular complexity index is 6.59. The van der Waals surface area contributed by atoms with Crippen molar-refractivity contribution in [1.29, 1.82) is 0 Å².